The van der Waals surface area contributed by atoms with E-state index < -0.39 is 0 Å². The second kappa shape index (κ2) is 4.11. The number of hydrogen-bond acceptors (Lipinski definition) is 3. The highest BCUT2D eigenvalue weighted by Crippen LogP contribution is 2.37. The van der Waals surface area contributed by atoms with Gasteiger partial charge in [0.1, 0.15) is 0 Å². The van der Waals surface area contributed by atoms with Crippen LogP contribution >= 0.6 is 11.3 Å². The molecule has 1 aliphatic rings. The minimum Gasteiger partial charge on any atom is -0.399 e. The summed E-state index contributed by atoms with van der Waals surface area (Å²) in [6, 6.07) is 2.13. The highest BCUT2D eigenvalue weighted by atomic mass is 32.1. The summed E-state index contributed by atoms with van der Waals surface area (Å²) in [5, 5.41) is 2.12. The molecule has 17 heavy (non-hydrogen) atoms. The summed E-state index contributed by atoms with van der Waals surface area (Å²) in [6.07, 6.45) is 0. The lowest BCUT2D eigenvalue weighted by atomic mass is 9.77. The van der Waals surface area contributed by atoms with Gasteiger partial charge in [-0.3, -0.25) is 0 Å². The maximum absolute atomic E-state index is 6.08. The third-order valence-electron chi connectivity index (χ3n) is 3.76. The Kier molecular flexibility index (Phi) is 3.17. The van der Waals surface area contributed by atoms with E-state index in [2.05, 4.69) is 53.0 Å². The molecule has 0 amide bonds. The van der Waals surface area contributed by atoms with Crippen molar-refractivity contribution >= 4 is 23.9 Å². The summed E-state index contributed by atoms with van der Waals surface area (Å²) in [5.74, 6) is 0.518. The SMILES string of the molecule is CC(C)c1sccc1B1OC(C)(C)C(C)(C)O1. The molecule has 4 heteroatoms. The van der Waals surface area contributed by atoms with Gasteiger partial charge in [-0.15, -0.1) is 11.3 Å². The fourth-order valence-electron chi connectivity index (χ4n) is 1.96. The molecule has 2 heterocycles. The average molecular weight is 252 g/mol. The lowest BCUT2D eigenvalue weighted by Crippen LogP contribution is -2.41. The zero-order valence-corrected chi connectivity index (χ0v) is 12.4. The van der Waals surface area contributed by atoms with E-state index in [-0.39, 0.29) is 18.3 Å². The highest BCUT2D eigenvalue weighted by Gasteiger charge is 2.52. The number of rotatable bonds is 2. The van der Waals surface area contributed by atoms with E-state index in [1.165, 1.54) is 10.3 Å². The fraction of sp³-hybridized carbons (Fsp3) is 0.692. The molecule has 0 unspecified atom stereocenters. The van der Waals surface area contributed by atoms with Crippen LogP contribution in [0.15, 0.2) is 11.4 Å². The van der Waals surface area contributed by atoms with Gasteiger partial charge in [-0.05, 0) is 44.5 Å². The van der Waals surface area contributed by atoms with Crippen LogP contribution in [0, 0.1) is 0 Å². The van der Waals surface area contributed by atoms with Crippen molar-refractivity contribution < 1.29 is 9.31 Å². The van der Waals surface area contributed by atoms with E-state index >= 15 is 0 Å². The van der Waals surface area contributed by atoms with Gasteiger partial charge in [-0.25, -0.2) is 0 Å². The summed E-state index contributed by atoms with van der Waals surface area (Å²) in [6.45, 7) is 12.8. The van der Waals surface area contributed by atoms with Gasteiger partial charge in [-0.1, -0.05) is 19.9 Å². The van der Waals surface area contributed by atoms with Crippen molar-refractivity contribution in [2.24, 2.45) is 0 Å². The zero-order valence-electron chi connectivity index (χ0n) is 11.5. The van der Waals surface area contributed by atoms with Gasteiger partial charge in [0.15, 0.2) is 0 Å². The Morgan fingerprint density at radius 1 is 1.12 bits per heavy atom. The van der Waals surface area contributed by atoms with E-state index in [9.17, 15) is 0 Å². The van der Waals surface area contributed by atoms with Gasteiger partial charge in [0.25, 0.3) is 0 Å². The van der Waals surface area contributed by atoms with Crippen molar-refractivity contribution in [1.82, 2.24) is 0 Å². The maximum Gasteiger partial charge on any atom is 0.495 e. The van der Waals surface area contributed by atoms with E-state index in [0.717, 1.165) is 0 Å². The van der Waals surface area contributed by atoms with Gasteiger partial charge >= 0.3 is 7.12 Å². The molecule has 0 spiro atoms. The first-order valence-corrected chi connectivity index (χ1v) is 7.05. The van der Waals surface area contributed by atoms with Gasteiger partial charge < -0.3 is 9.31 Å². The molecule has 0 N–H and O–H groups in total. The molecule has 94 valence electrons. The molecule has 2 rings (SSSR count). The van der Waals surface area contributed by atoms with Crippen molar-refractivity contribution in [3.8, 4) is 0 Å². The molecule has 0 saturated carbocycles. The van der Waals surface area contributed by atoms with Crippen LogP contribution in [0.2, 0.25) is 0 Å². The first-order chi connectivity index (χ1) is 7.74. The third-order valence-corrected chi connectivity index (χ3v) is 4.99. The third kappa shape index (κ3) is 2.18. The van der Waals surface area contributed by atoms with Gasteiger partial charge in [0.05, 0.1) is 11.2 Å². The molecule has 1 aliphatic heterocycles. The summed E-state index contributed by atoms with van der Waals surface area (Å²) >= 11 is 1.78. The minimum atomic E-state index is -0.256. The van der Waals surface area contributed by atoms with Gasteiger partial charge in [0.2, 0.25) is 0 Å². The second-order valence-corrected chi connectivity index (χ2v) is 6.93. The maximum atomic E-state index is 6.08. The summed E-state index contributed by atoms with van der Waals surface area (Å²) in [7, 11) is -0.219. The number of thiophene rings is 1. The van der Waals surface area contributed by atoms with Crippen LogP contribution in [0.3, 0.4) is 0 Å². The van der Waals surface area contributed by atoms with Crippen molar-refractivity contribution in [2.75, 3.05) is 0 Å². The van der Waals surface area contributed by atoms with Gasteiger partial charge in [0, 0.05) is 4.88 Å². The van der Waals surface area contributed by atoms with Crippen LogP contribution in [-0.4, -0.2) is 18.3 Å². The molecule has 1 aromatic heterocycles. The largest absolute Gasteiger partial charge is 0.495 e. The lowest BCUT2D eigenvalue weighted by Gasteiger charge is -2.32. The van der Waals surface area contributed by atoms with Crippen LogP contribution in [0.1, 0.15) is 52.3 Å². The van der Waals surface area contributed by atoms with E-state index in [4.69, 9.17) is 9.31 Å². The standard InChI is InChI=1S/C13H21BO2S/c1-9(2)11-10(7-8-17-11)14-15-12(3,4)13(5,6)16-14/h7-9H,1-6H3. The molecular formula is C13H21BO2S. The van der Waals surface area contributed by atoms with Crippen molar-refractivity contribution in [2.45, 2.75) is 58.7 Å². The van der Waals surface area contributed by atoms with Crippen LogP contribution in [0.5, 0.6) is 0 Å². The molecule has 1 saturated heterocycles. The fourth-order valence-corrected chi connectivity index (χ4v) is 2.90. The Hall–Kier alpha value is -0.315. The molecule has 0 atom stereocenters. The van der Waals surface area contributed by atoms with Crippen molar-refractivity contribution in [1.29, 1.82) is 0 Å². The van der Waals surface area contributed by atoms with E-state index in [1.54, 1.807) is 11.3 Å². The predicted molar refractivity (Wildman–Crippen MR) is 74.1 cm³/mol. The normalized spacial score (nSPS) is 22.4. The summed E-state index contributed by atoms with van der Waals surface area (Å²) in [4.78, 5) is 1.36. The van der Waals surface area contributed by atoms with E-state index in [0.29, 0.717) is 5.92 Å². The van der Waals surface area contributed by atoms with Crippen molar-refractivity contribution in [3.63, 3.8) is 0 Å². The van der Waals surface area contributed by atoms with Crippen LogP contribution in [-0.2, 0) is 9.31 Å². The Morgan fingerprint density at radius 2 is 1.65 bits per heavy atom. The summed E-state index contributed by atoms with van der Waals surface area (Å²) < 4.78 is 12.2. The molecule has 0 radical (unpaired) electrons. The number of hydrogen-bond donors (Lipinski definition) is 0. The first-order valence-electron chi connectivity index (χ1n) is 6.17. The molecule has 0 bridgehead atoms. The topological polar surface area (TPSA) is 18.5 Å². The predicted octanol–water partition coefficient (Wildman–Crippen LogP) is 3.17. The Labute approximate surface area is 108 Å². The van der Waals surface area contributed by atoms with Crippen LogP contribution < -0.4 is 5.46 Å². The smallest absolute Gasteiger partial charge is 0.399 e. The second-order valence-electron chi connectivity index (χ2n) is 5.98. The highest BCUT2D eigenvalue weighted by molar-refractivity contribution is 7.11. The molecular weight excluding hydrogens is 231 g/mol. The van der Waals surface area contributed by atoms with Crippen LogP contribution in [0.4, 0.5) is 0 Å². The molecule has 0 aromatic carbocycles. The van der Waals surface area contributed by atoms with Gasteiger partial charge in [-0.2, -0.15) is 0 Å². The molecule has 2 nitrogen and oxygen atoms in total. The minimum absolute atomic E-state index is 0.219. The van der Waals surface area contributed by atoms with E-state index in [1.807, 2.05) is 0 Å². The molecule has 1 fully saturated rings. The Balaban J connectivity index is 2.29. The lowest BCUT2D eigenvalue weighted by molar-refractivity contribution is 0.00578. The Morgan fingerprint density at radius 3 is 2.12 bits per heavy atom. The molecule has 0 aliphatic carbocycles. The summed E-state index contributed by atoms with van der Waals surface area (Å²) in [5.41, 5.74) is 0.686. The van der Waals surface area contributed by atoms with Crippen molar-refractivity contribution in [3.05, 3.63) is 16.3 Å². The zero-order chi connectivity index (χ0) is 12.8. The average Bonchev–Trinajstić information content (AvgIpc) is 2.69. The van der Waals surface area contributed by atoms with Crippen LogP contribution in [0.25, 0.3) is 0 Å². The quantitative estimate of drug-likeness (QED) is 0.753. The Bertz CT molecular complexity index is 393. The molecule has 1 aromatic rings. The monoisotopic (exact) mass is 252 g/mol. The first kappa shape index (κ1) is 13.1.